The third-order valence-corrected chi connectivity index (χ3v) is 5.06. The minimum atomic E-state index is -0.312. The number of carbonyl (C=O) groups is 1. The Hall–Kier alpha value is -2.60. The molecule has 2 heterocycles. The number of benzene rings is 1. The zero-order valence-corrected chi connectivity index (χ0v) is 15.7. The number of rotatable bonds is 6. The third kappa shape index (κ3) is 4.98. The van der Waals surface area contributed by atoms with Gasteiger partial charge in [0.25, 0.3) is 5.91 Å². The summed E-state index contributed by atoms with van der Waals surface area (Å²) in [6, 6.07) is 11.7. The lowest BCUT2D eigenvalue weighted by molar-refractivity contribution is 0.0928. The Labute approximate surface area is 159 Å². The molecule has 1 atom stereocenters. The molecule has 1 fully saturated rings. The first kappa shape index (κ1) is 19.2. The molecule has 144 valence electrons. The first-order valence-electron chi connectivity index (χ1n) is 9.53. The maximum absolute atomic E-state index is 12.5. The van der Waals surface area contributed by atoms with Crippen molar-refractivity contribution in [1.29, 1.82) is 0 Å². The van der Waals surface area contributed by atoms with Crippen LogP contribution in [0, 0.1) is 0 Å². The van der Waals surface area contributed by atoms with Gasteiger partial charge in [0.05, 0.1) is 13.2 Å². The van der Waals surface area contributed by atoms with Crippen LogP contribution in [0.5, 0.6) is 5.75 Å². The molecule has 2 aromatic rings. The first-order chi connectivity index (χ1) is 13.2. The topological polar surface area (TPSA) is 74.4 Å². The molecular weight excluding hydrogens is 342 g/mol. The van der Waals surface area contributed by atoms with Crippen molar-refractivity contribution in [2.75, 3.05) is 26.7 Å². The number of hydrogen-bond acceptors (Lipinski definition) is 4. The molecule has 3 rings (SSSR count). The van der Waals surface area contributed by atoms with Gasteiger partial charge in [-0.1, -0.05) is 43.2 Å². The predicted molar refractivity (Wildman–Crippen MR) is 105 cm³/mol. The lowest BCUT2D eigenvalue weighted by Crippen LogP contribution is -2.39. The van der Waals surface area contributed by atoms with E-state index in [1.54, 1.807) is 0 Å². The predicted octanol–water partition coefficient (Wildman–Crippen LogP) is 2.73. The molecule has 0 unspecified atom stereocenters. The highest BCUT2D eigenvalue weighted by Crippen LogP contribution is 2.23. The van der Waals surface area contributed by atoms with Crippen LogP contribution in [-0.4, -0.2) is 42.5 Å². The van der Waals surface area contributed by atoms with Crippen LogP contribution in [-0.2, 0) is 0 Å². The highest BCUT2D eigenvalue weighted by atomic mass is 16.5. The van der Waals surface area contributed by atoms with Crippen molar-refractivity contribution in [2.45, 2.75) is 31.7 Å². The molecule has 27 heavy (non-hydrogen) atoms. The van der Waals surface area contributed by atoms with Crippen molar-refractivity contribution in [3.05, 3.63) is 64.1 Å². The van der Waals surface area contributed by atoms with Gasteiger partial charge >= 0.3 is 0 Å². The molecule has 0 spiro atoms. The van der Waals surface area contributed by atoms with Gasteiger partial charge < -0.3 is 15.0 Å². The van der Waals surface area contributed by atoms with Gasteiger partial charge in [-0.05, 0) is 31.5 Å². The molecule has 0 radical (unpaired) electrons. The maximum Gasteiger partial charge on any atom is 0.267 e. The van der Waals surface area contributed by atoms with Crippen molar-refractivity contribution in [1.82, 2.24) is 15.2 Å². The van der Waals surface area contributed by atoms with E-state index in [9.17, 15) is 9.59 Å². The summed E-state index contributed by atoms with van der Waals surface area (Å²) < 4.78 is 4.94. The van der Waals surface area contributed by atoms with Crippen LogP contribution in [0.4, 0.5) is 0 Å². The van der Waals surface area contributed by atoms with E-state index in [2.05, 4.69) is 27.3 Å². The Kier molecular flexibility index (Phi) is 6.65. The van der Waals surface area contributed by atoms with Crippen molar-refractivity contribution >= 4 is 5.91 Å². The van der Waals surface area contributed by atoms with Crippen molar-refractivity contribution in [3.63, 3.8) is 0 Å². The van der Waals surface area contributed by atoms with Gasteiger partial charge in [-0.3, -0.25) is 14.5 Å². The molecule has 1 aromatic heterocycles. The molecule has 6 heteroatoms. The third-order valence-electron chi connectivity index (χ3n) is 5.06. The quantitative estimate of drug-likeness (QED) is 0.821. The number of aromatic nitrogens is 1. The lowest BCUT2D eigenvalue weighted by atomic mass is 10.0. The zero-order valence-electron chi connectivity index (χ0n) is 15.7. The van der Waals surface area contributed by atoms with Gasteiger partial charge in [0.2, 0.25) is 5.43 Å². The van der Waals surface area contributed by atoms with E-state index in [1.807, 2.05) is 18.2 Å². The van der Waals surface area contributed by atoms with E-state index in [0.717, 1.165) is 13.1 Å². The average molecular weight is 369 g/mol. The van der Waals surface area contributed by atoms with E-state index in [1.165, 1.54) is 50.6 Å². The van der Waals surface area contributed by atoms with Crippen LogP contribution < -0.4 is 15.5 Å². The SMILES string of the molecule is COc1c[nH]c(C(=O)NC[C@H](c2ccccc2)N2CCCCCC2)cc1=O. The number of aromatic amines is 1. The molecule has 1 aliphatic rings. The smallest absolute Gasteiger partial charge is 0.267 e. The van der Waals surface area contributed by atoms with Crippen LogP contribution in [0.15, 0.2) is 47.4 Å². The Morgan fingerprint density at radius 3 is 2.52 bits per heavy atom. The summed E-state index contributed by atoms with van der Waals surface area (Å²) in [5.74, 6) is -0.0937. The summed E-state index contributed by atoms with van der Waals surface area (Å²) in [7, 11) is 1.43. The minimum Gasteiger partial charge on any atom is -0.491 e. The number of hydrogen-bond donors (Lipinski definition) is 2. The number of likely N-dealkylation sites (tertiary alicyclic amines) is 1. The molecule has 1 aliphatic heterocycles. The molecule has 0 saturated carbocycles. The molecule has 1 aromatic carbocycles. The van der Waals surface area contributed by atoms with E-state index >= 15 is 0 Å². The average Bonchev–Trinajstić information content (AvgIpc) is 2.98. The van der Waals surface area contributed by atoms with Crippen molar-refractivity contribution in [3.8, 4) is 5.75 Å². The largest absolute Gasteiger partial charge is 0.491 e. The Bertz CT molecular complexity index is 796. The van der Waals surface area contributed by atoms with E-state index < -0.39 is 0 Å². The Morgan fingerprint density at radius 1 is 1.19 bits per heavy atom. The van der Waals surface area contributed by atoms with Crippen LogP contribution in [0.2, 0.25) is 0 Å². The second-order valence-corrected chi connectivity index (χ2v) is 6.87. The van der Waals surface area contributed by atoms with Gasteiger partial charge in [-0.25, -0.2) is 0 Å². The second-order valence-electron chi connectivity index (χ2n) is 6.87. The summed E-state index contributed by atoms with van der Waals surface area (Å²) in [5.41, 5.74) is 1.12. The number of methoxy groups -OCH3 is 1. The number of carbonyl (C=O) groups excluding carboxylic acids is 1. The van der Waals surface area contributed by atoms with Crippen molar-refractivity contribution < 1.29 is 9.53 Å². The maximum atomic E-state index is 12.5. The summed E-state index contributed by atoms with van der Waals surface area (Å²) in [4.78, 5) is 29.7. The summed E-state index contributed by atoms with van der Waals surface area (Å²) >= 11 is 0. The number of nitrogens with zero attached hydrogens (tertiary/aromatic N) is 1. The summed E-state index contributed by atoms with van der Waals surface area (Å²) in [6.45, 7) is 2.57. The highest BCUT2D eigenvalue weighted by molar-refractivity contribution is 5.92. The normalized spacial score (nSPS) is 16.3. The number of H-pyrrole nitrogens is 1. The highest BCUT2D eigenvalue weighted by Gasteiger charge is 2.22. The molecule has 1 saturated heterocycles. The van der Waals surface area contributed by atoms with E-state index in [-0.39, 0.29) is 28.8 Å². The first-order valence-corrected chi connectivity index (χ1v) is 9.53. The van der Waals surface area contributed by atoms with Gasteiger partial charge in [0, 0.05) is 18.8 Å². The number of amides is 1. The van der Waals surface area contributed by atoms with Crippen LogP contribution in [0.3, 0.4) is 0 Å². The number of nitrogens with one attached hydrogen (secondary N) is 2. The van der Waals surface area contributed by atoms with Gasteiger partial charge in [-0.2, -0.15) is 0 Å². The van der Waals surface area contributed by atoms with Crippen LogP contribution in [0.1, 0.15) is 47.8 Å². The van der Waals surface area contributed by atoms with Crippen LogP contribution >= 0.6 is 0 Å². The zero-order chi connectivity index (χ0) is 19.1. The number of ether oxygens (including phenoxy) is 1. The standard InChI is InChI=1S/C21H27N3O3/c1-27-20-15-22-17(13-19(20)25)21(26)23-14-18(16-9-5-4-6-10-16)24-11-7-2-3-8-12-24/h4-6,9-10,13,15,18H,2-3,7-8,11-12,14H2,1H3,(H,22,25)(H,23,26)/t18-/m1/s1. The molecule has 2 N–H and O–H groups in total. The van der Waals surface area contributed by atoms with Gasteiger partial charge in [-0.15, -0.1) is 0 Å². The fraction of sp³-hybridized carbons (Fsp3) is 0.429. The summed E-state index contributed by atoms with van der Waals surface area (Å²) in [6.07, 6.45) is 6.31. The molecule has 0 bridgehead atoms. The van der Waals surface area contributed by atoms with Gasteiger partial charge in [0.15, 0.2) is 5.75 Å². The fourth-order valence-corrected chi connectivity index (χ4v) is 3.57. The number of pyridine rings is 1. The van der Waals surface area contributed by atoms with E-state index in [4.69, 9.17) is 4.74 Å². The Balaban J connectivity index is 1.73. The molecule has 0 aliphatic carbocycles. The lowest BCUT2D eigenvalue weighted by Gasteiger charge is -2.31. The van der Waals surface area contributed by atoms with Crippen LogP contribution in [0.25, 0.3) is 0 Å². The Morgan fingerprint density at radius 2 is 1.89 bits per heavy atom. The monoisotopic (exact) mass is 369 g/mol. The second kappa shape index (κ2) is 9.37. The molecule has 6 nitrogen and oxygen atoms in total. The molecule has 1 amide bonds. The fourth-order valence-electron chi connectivity index (χ4n) is 3.57. The minimum absolute atomic E-state index is 0.123. The summed E-state index contributed by atoms with van der Waals surface area (Å²) in [5, 5.41) is 2.99. The molecular formula is C21H27N3O3. The van der Waals surface area contributed by atoms with Crippen molar-refractivity contribution in [2.24, 2.45) is 0 Å². The van der Waals surface area contributed by atoms with Gasteiger partial charge in [0.1, 0.15) is 5.69 Å². The van der Waals surface area contributed by atoms with E-state index in [0.29, 0.717) is 6.54 Å².